The minimum atomic E-state index is -0.438. The first kappa shape index (κ1) is 18.1. The van der Waals surface area contributed by atoms with Crippen LogP contribution >= 0.6 is 0 Å². The molecular formula is C20H18N2O5. The number of phenols is 1. The number of methoxy groups -OCH3 is 1. The molecule has 3 N–H and O–H groups in total. The second-order valence-electron chi connectivity index (χ2n) is 5.70. The highest BCUT2D eigenvalue weighted by Gasteiger charge is 2.13. The Balaban J connectivity index is 1.65. The van der Waals surface area contributed by atoms with Crippen molar-refractivity contribution in [2.24, 2.45) is 0 Å². The molecule has 1 aromatic heterocycles. The van der Waals surface area contributed by atoms with Crippen LogP contribution in [0, 0.1) is 0 Å². The SMILES string of the molecule is COc1ccccc1CC(=O)Nc1ccc(NC(=O)c2ccco2)cc1O. The number of ether oxygens (including phenoxy) is 1. The molecule has 0 fully saturated rings. The third-order valence-corrected chi connectivity index (χ3v) is 3.82. The van der Waals surface area contributed by atoms with E-state index < -0.39 is 5.91 Å². The van der Waals surface area contributed by atoms with Crippen molar-refractivity contribution in [1.82, 2.24) is 0 Å². The fourth-order valence-electron chi connectivity index (χ4n) is 2.53. The molecule has 7 nitrogen and oxygen atoms in total. The number of rotatable bonds is 6. The van der Waals surface area contributed by atoms with Crippen LogP contribution in [0.2, 0.25) is 0 Å². The van der Waals surface area contributed by atoms with Crippen LogP contribution in [0.25, 0.3) is 0 Å². The van der Waals surface area contributed by atoms with Crippen LogP contribution in [0.5, 0.6) is 11.5 Å². The molecule has 0 aliphatic rings. The second-order valence-corrected chi connectivity index (χ2v) is 5.70. The first-order valence-electron chi connectivity index (χ1n) is 8.16. The topological polar surface area (TPSA) is 101 Å². The van der Waals surface area contributed by atoms with E-state index in [1.54, 1.807) is 24.3 Å². The number of furan rings is 1. The van der Waals surface area contributed by atoms with Gasteiger partial charge in [0.05, 0.1) is 25.5 Å². The van der Waals surface area contributed by atoms with Gasteiger partial charge in [-0.15, -0.1) is 0 Å². The lowest BCUT2D eigenvalue weighted by Crippen LogP contribution is -2.15. The first-order chi connectivity index (χ1) is 13.1. The van der Waals surface area contributed by atoms with E-state index in [0.29, 0.717) is 11.4 Å². The molecule has 0 spiro atoms. The predicted octanol–water partition coefficient (Wildman–Crippen LogP) is 3.43. The van der Waals surface area contributed by atoms with Gasteiger partial charge in [0.15, 0.2) is 5.76 Å². The van der Waals surface area contributed by atoms with Gasteiger partial charge in [-0.3, -0.25) is 9.59 Å². The zero-order valence-electron chi connectivity index (χ0n) is 14.6. The van der Waals surface area contributed by atoms with Gasteiger partial charge >= 0.3 is 0 Å². The average molecular weight is 366 g/mol. The molecule has 3 aromatic rings. The molecule has 3 rings (SSSR count). The molecule has 0 bridgehead atoms. The van der Waals surface area contributed by atoms with Gasteiger partial charge in [0.2, 0.25) is 5.91 Å². The number of nitrogens with one attached hydrogen (secondary N) is 2. The Labute approximate surface area is 155 Å². The van der Waals surface area contributed by atoms with E-state index >= 15 is 0 Å². The van der Waals surface area contributed by atoms with Crippen molar-refractivity contribution in [2.45, 2.75) is 6.42 Å². The summed E-state index contributed by atoms with van der Waals surface area (Å²) in [5.74, 6) is -0.133. The fraction of sp³-hybridized carbons (Fsp3) is 0.100. The lowest BCUT2D eigenvalue weighted by atomic mass is 10.1. The van der Waals surface area contributed by atoms with Crippen molar-refractivity contribution in [3.8, 4) is 11.5 Å². The first-order valence-corrected chi connectivity index (χ1v) is 8.16. The number of phenolic OH excluding ortho intramolecular Hbond substituents is 1. The maximum absolute atomic E-state index is 12.3. The van der Waals surface area contributed by atoms with Gasteiger partial charge in [0.25, 0.3) is 5.91 Å². The zero-order chi connectivity index (χ0) is 19.2. The highest BCUT2D eigenvalue weighted by molar-refractivity contribution is 6.02. The Kier molecular flexibility index (Phi) is 5.41. The predicted molar refractivity (Wildman–Crippen MR) is 100 cm³/mol. The summed E-state index contributed by atoms with van der Waals surface area (Å²) in [6, 6.07) is 14.8. The van der Waals surface area contributed by atoms with E-state index in [2.05, 4.69) is 10.6 Å². The van der Waals surface area contributed by atoms with Crippen molar-refractivity contribution in [2.75, 3.05) is 17.7 Å². The molecule has 2 aromatic carbocycles. The van der Waals surface area contributed by atoms with Crippen molar-refractivity contribution >= 4 is 23.2 Å². The van der Waals surface area contributed by atoms with Gasteiger partial charge in [-0.05, 0) is 30.3 Å². The van der Waals surface area contributed by atoms with Crippen LogP contribution in [-0.4, -0.2) is 24.0 Å². The van der Waals surface area contributed by atoms with Gasteiger partial charge in [0.1, 0.15) is 11.5 Å². The smallest absolute Gasteiger partial charge is 0.291 e. The van der Waals surface area contributed by atoms with Crippen molar-refractivity contribution in [1.29, 1.82) is 0 Å². The summed E-state index contributed by atoms with van der Waals surface area (Å²) in [6.07, 6.45) is 1.49. The third-order valence-electron chi connectivity index (χ3n) is 3.82. The Hall–Kier alpha value is -3.74. The lowest BCUT2D eigenvalue weighted by molar-refractivity contribution is -0.115. The fourth-order valence-corrected chi connectivity index (χ4v) is 2.53. The molecule has 138 valence electrons. The van der Waals surface area contributed by atoms with E-state index in [-0.39, 0.29) is 29.5 Å². The normalized spacial score (nSPS) is 10.3. The molecule has 0 atom stereocenters. The van der Waals surface area contributed by atoms with Crippen LogP contribution in [0.15, 0.2) is 65.3 Å². The number of carbonyl (C=O) groups is 2. The molecule has 1 heterocycles. The van der Waals surface area contributed by atoms with Crippen molar-refractivity contribution in [3.63, 3.8) is 0 Å². The second kappa shape index (κ2) is 8.09. The maximum atomic E-state index is 12.3. The molecule has 0 aliphatic heterocycles. The van der Waals surface area contributed by atoms with E-state index in [4.69, 9.17) is 9.15 Å². The molecule has 0 radical (unpaired) electrons. The third kappa shape index (κ3) is 4.46. The van der Waals surface area contributed by atoms with E-state index in [1.165, 1.54) is 31.6 Å². The van der Waals surface area contributed by atoms with Crippen LogP contribution < -0.4 is 15.4 Å². The van der Waals surface area contributed by atoms with Gasteiger partial charge in [-0.2, -0.15) is 0 Å². The molecular weight excluding hydrogens is 348 g/mol. The van der Waals surface area contributed by atoms with Gasteiger partial charge in [-0.1, -0.05) is 18.2 Å². The minimum absolute atomic E-state index is 0.0977. The Bertz CT molecular complexity index is 951. The standard InChI is InChI=1S/C20H18N2O5/c1-26-17-6-3-2-5-13(17)11-19(24)22-15-9-8-14(12-16(15)23)21-20(25)18-7-4-10-27-18/h2-10,12,23H,11H2,1H3,(H,21,25)(H,22,24). The Morgan fingerprint density at radius 3 is 2.59 bits per heavy atom. The summed E-state index contributed by atoms with van der Waals surface area (Å²) in [6.45, 7) is 0. The summed E-state index contributed by atoms with van der Waals surface area (Å²) in [5, 5.41) is 15.4. The Morgan fingerprint density at radius 1 is 1.07 bits per heavy atom. The summed E-state index contributed by atoms with van der Waals surface area (Å²) in [7, 11) is 1.54. The average Bonchev–Trinajstić information content (AvgIpc) is 3.19. The quantitative estimate of drug-likeness (QED) is 0.580. The highest BCUT2D eigenvalue weighted by atomic mass is 16.5. The van der Waals surface area contributed by atoms with Gasteiger partial charge < -0.3 is 24.9 Å². The van der Waals surface area contributed by atoms with Crippen LogP contribution in [0.3, 0.4) is 0 Å². The number of amides is 2. The van der Waals surface area contributed by atoms with Crippen LogP contribution in [-0.2, 0) is 11.2 Å². The number of carbonyl (C=O) groups excluding carboxylic acids is 2. The molecule has 0 unspecified atom stereocenters. The van der Waals surface area contributed by atoms with Crippen molar-refractivity contribution in [3.05, 3.63) is 72.2 Å². The molecule has 2 amide bonds. The number of benzene rings is 2. The van der Waals surface area contributed by atoms with E-state index in [0.717, 1.165) is 5.56 Å². The molecule has 0 saturated heterocycles. The summed E-state index contributed by atoms with van der Waals surface area (Å²) in [5.41, 5.74) is 1.35. The van der Waals surface area contributed by atoms with Gasteiger partial charge in [-0.25, -0.2) is 0 Å². The number of anilines is 2. The monoisotopic (exact) mass is 366 g/mol. The highest BCUT2D eigenvalue weighted by Crippen LogP contribution is 2.27. The lowest BCUT2D eigenvalue weighted by Gasteiger charge is -2.11. The number of hydrogen-bond acceptors (Lipinski definition) is 5. The van der Waals surface area contributed by atoms with Crippen molar-refractivity contribution < 1.29 is 23.8 Å². The summed E-state index contributed by atoms with van der Waals surface area (Å²) >= 11 is 0. The maximum Gasteiger partial charge on any atom is 0.291 e. The van der Waals surface area contributed by atoms with Crippen LogP contribution in [0.1, 0.15) is 16.1 Å². The minimum Gasteiger partial charge on any atom is -0.506 e. The molecule has 7 heteroatoms. The largest absolute Gasteiger partial charge is 0.506 e. The van der Waals surface area contributed by atoms with E-state index in [9.17, 15) is 14.7 Å². The number of aromatic hydroxyl groups is 1. The molecule has 0 aliphatic carbocycles. The molecule has 0 saturated carbocycles. The Morgan fingerprint density at radius 2 is 1.89 bits per heavy atom. The summed E-state index contributed by atoms with van der Waals surface area (Å²) < 4.78 is 10.2. The zero-order valence-corrected chi connectivity index (χ0v) is 14.6. The number of hydrogen-bond donors (Lipinski definition) is 3. The van der Waals surface area contributed by atoms with E-state index in [1.807, 2.05) is 12.1 Å². The van der Waals surface area contributed by atoms with Crippen LogP contribution in [0.4, 0.5) is 11.4 Å². The summed E-state index contributed by atoms with van der Waals surface area (Å²) in [4.78, 5) is 24.2. The molecule has 27 heavy (non-hydrogen) atoms. The van der Waals surface area contributed by atoms with Gasteiger partial charge in [0, 0.05) is 17.3 Å². The number of para-hydroxylation sites is 1.